The summed E-state index contributed by atoms with van der Waals surface area (Å²) in [4.78, 5) is 37.6. The predicted octanol–water partition coefficient (Wildman–Crippen LogP) is 3.63. The SMILES string of the molecule is Cc1ccc2nc(C3CCN(C(=O)C4CC(=O)N(Cc5ccccc5)C4)CC3)[nH]c2c1. The van der Waals surface area contributed by atoms with Crippen molar-refractivity contribution in [2.75, 3.05) is 19.6 Å². The Balaban J connectivity index is 1.18. The minimum Gasteiger partial charge on any atom is -0.342 e. The fraction of sp³-hybridized carbons (Fsp3) is 0.400. The second-order valence-electron chi connectivity index (χ2n) is 8.90. The molecule has 0 spiro atoms. The van der Waals surface area contributed by atoms with Gasteiger partial charge in [-0.2, -0.15) is 0 Å². The maximum absolute atomic E-state index is 13.1. The number of nitrogens with one attached hydrogen (secondary N) is 1. The van der Waals surface area contributed by atoms with Gasteiger partial charge in [0, 0.05) is 38.5 Å². The van der Waals surface area contributed by atoms with Gasteiger partial charge in [0.15, 0.2) is 0 Å². The number of aromatic amines is 1. The van der Waals surface area contributed by atoms with E-state index >= 15 is 0 Å². The van der Waals surface area contributed by atoms with E-state index in [-0.39, 0.29) is 17.7 Å². The summed E-state index contributed by atoms with van der Waals surface area (Å²) >= 11 is 0. The molecule has 2 aliphatic heterocycles. The first-order valence-corrected chi connectivity index (χ1v) is 11.1. The quantitative estimate of drug-likeness (QED) is 0.706. The highest BCUT2D eigenvalue weighted by molar-refractivity contribution is 5.89. The van der Waals surface area contributed by atoms with Crippen LogP contribution in [0.15, 0.2) is 48.5 Å². The summed E-state index contributed by atoms with van der Waals surface area (Å²) in [7, 11) is 0. The van der Waals surface area contributed by atoms with Gasteiger partial charge >= 0.3 is 0 Å². The molecule has 2 aromatic carbocycles. The van der Waals surface area contributed by atoms with Crippen LogP contribution in [0.1, 0.15) is 42.1 Å². The molecule has 2 amide bonds. The Kier molecular flexibility index (Phi) is 5.22. The van der Waals surface area contributed by atoms with Gasteiger partial charge in [0.05, 0.1) is 17.0 Å². The first-order chi connectivity index (χ1) is 15.1. The van der Waals surface area contributed by atoms with Crippen LogP contribution >= 0.6 is 0 Å². The highest BCUT2D eigenvalue weighted by atomic mass is 16.2. The Bertz CT molecular complexity index is 1100. The predicted molar refractivity (Wildman–Crippen MR) is 119 cm³/mol. The maximum Gasteiger partial charge on any atom is 0.227 e. The topological polar surface area (TPSA) is 69.3 Å². The molecule has 0 radical (unpaired) electrons. The van der Waals surface area contributed by atoms with E-state index in [1.54, 1.807) is 0 Å². The van der Waals surface area contributed by atoms with Gasteiger partial charge in [-0.25, -0.2) is 4.98 Å². The van der Waals surface area contributed by atoms with Gasteiger partial charge in [-0.3, -0.25) is 9.59 Å². The number of amides is 2. The number of hydrogen-bond donors (Lipinski definition) is 1. The Morgan fingerprint density at radius 2 is 1.90 bits per heavy atom. The summed E-state index contributed by atoms with van der Waals surface area (Å²) in [6, 6.07) is 16.2. The van der Waals surface area contributed by atoms with Crippen molar-refractivity contribution >= 4 is 22.8 Å². The van der Waals surface area contributed by atoms with Crippen molar-refractivity contribution in [3.8, 4) is 0 Å². The van der Waals surface area contributed by atoms with Crippen LogP contribution in [0, 0.1) is 12.8 Å². The van der Waals surface area contributed by atoms with Crippen molar-refractivity contribution in [3.05, 3.63) is 65.5 Å². The molecule has 2 fully saturated rings. The molecule has 1 aromatic heterocycles. The third kappa shape index (κ3) is 4.07. The number of aromatic nitrogens is 2. The monoisotopic (exact) mass is 416 g/mol. The molecule has 6 nitrogen and oxygen atoms in total. The third-order valence-electron chi connectivity index (χ3n) is 6.63. The lowest BCUT2D eigenvalue weighted by Crippen LogP contribution is -2.42. The molecule has 1 atom stereocenters. The zero-order valence-electron chi connectivity index (χ0n) is 17.9. The highest BCUT2D eigenvalue weighted by Gasteiger charge is 2.37. The zero-order chi connectivity index (χ0) is 21.4. The molecule has 2 saturated heterocycles. The largest absolute Gasteiger partial charge is 0.342 e. The summed E-state index contributed by atoms with van der Waals surface area (Å²) in [5.41, 5.74) is 4.40. The smallest absolute Gasteiger partial charge is 0.227 e. The fourth-order valence-electron chi connectivity index (χ4n) is 4.86. The lowest BCUT2D eigenvalue weighted by molar-refractivity contribution is -0.136. The number of imidazole rings is 1. The number of aryl methyl sites for hydroxylation is 1. The number of piperidine rings is 1. The number of benzene rings is 2. The molecule has 31 heavy (non-hydrogen) atoms. The first-order valence-electron chi connectivity index (χ1n) is 11.1. The van der Waals surface area contributed by atoms with Crippen LogP contribution in [0.3, 0.4) is 0 Å². The first kappa shape index (κ1) is 19.8. The van der Waals surface area contributed by atoms with Crippen LogP contribution in [-0.4, -0.2) is 51.2 Å². The second kappa shape index (κ2) is 8.17. The van der Waals surface area contributed by atoms with E-state index in [4.69, 9.17) is 4.98 Å². The number of carbonyl (C=O) groups is 2. The number of rotatable bonds is 4. The standard InChI is InChI=1S/C25H28N4O2/c1-17-7-8-21-22(13-17)27-24(26-21)19-9-11-28(12-10-19)25(31)20-14-23(30)29(16-20)15-18-5-3-2-4-6-18/h2-8,13,19-20H,9-12,14-16H2,1H3,(H,26,27). The normalized spacial score (nSPS) is 20.0. The molecular formula is C25H28N4O2. The van der Waals surface area contributed by atoms with Crippen LogP contribution in [0.4, 0.5) is 0 Å². The molecule has 5 rings (SSSR count). The molecule has 1 N–H and O–H groups in total. The number of carbonyl (C=O) groups excluding carboxylic acids is 2. The van der Waals surface area contributed by atoms with Crippen LogP contribution in [-0.2, 0) is 16.1 Å². The molecular weight excluding hydrogens is 388 g/mol. The summed E-state index contributed by atoms with van der Waals surface area (Å²) < 4.78 is 0. The van der Waals surface area contributed by atoms with Crippen molar-refractivity contribution in [1.82, 2.24) is 19.8 Å². The summed E-state index contributed by atoms with van der Waals surface area (Å²) in [6.07, 6.45) is 2.13. The van der Waals surface area contributed by atoms with Crippen LogP contribution < -0.4 is 0 Å². The summed E-state index contributed by atoms with van der Waals surface area (Å²) in [6.45, 7) is 4.64. The minimum absolute atomic E-state index is 0.0784. The molecule has 0 bridgehead atoms. The van der Waals surface area contributed by atoms with Crippen LogP contribution in [0.5, 0.6) is 0 Å². The van der Waals surface area contributed by atoms with E-state index in [0.29, 0.717) is 25.4 Å². The third-order valence-corrected chi connectivity index (χ3v) is 6.63. The number of hydrogen-bond acceptors (Lipinski definition) is 3. The van der Waals surface area contributed by atoms with E-state index < -0.39 is 0 Å². The lowest BCUT2D eigenvalue weighted by Gasteiger charge is -2.32. The Morgan fingerprint density at radius 1 is 1.13 bits per heavy atom. The highest BCUT2D eigenvalue weighted by Crippen LogP contribution is 2.30. The average Bonchev–Trinajstić information content (AvgIpc) is 3.37. The van der Waals surface area contributed by atoms with Gasteiger partial charge in [0.1, 0.15) is 5.82 Å². The van der Waals surface area contributed by atoms with E-state index in [1.807, 2.05) is 40.1 Å². The van der Waals surface area contributed by atoms with Crippen molar-refractivity contribution < 1.29 is 9.59 Å². The Labute approximate surface area is 182 Å². The van der Waals surface area contributed by atoms with Crippen LogP contribution in [0.25, 0.3) is 11.0 Å². The maximum atomic E-state index is 13.1. The molecule has 2 aliphatic rings. The van der Waals surface area contributed by atoms with Gasteiger partial charge in [-0.15, -0.1) is 0 Å². The van der Waals surface area contributed by atoms with E-state index in [0.717, 1.165) is 48.4 Å². The number of fused-ring (bicyclic) bond motifs is 1. The number of nitrogens with zero attached hydrogens (tertiary/aromatic N) is 3. The minimum atomic E-state index is -0.220. The zero-order valence-corrected chi connectivity index (χ0v) is 17.9. The number of likely N-dealkylation sites (tertiary alicyclic amines) is 2. The van der Waals surface area contributed by atoms with Gasteiger partial charge < -0.3 is 14.8 Å². The van der Waals surface area contributed by atoms with Gasteiger partial charge in [-0.1, -0.05) is 36.4 Å². The Morgan fingerprint density at radius 3 is 2.68 bits per heavy atom. The van der Waals surface area contributed by atoms with Crippen LogP contribution in [0.2, 0.25) is 0 Å². The van der Waals surface area contributed by atoms with E-state index in [9.17, 15) is 9.59 Å². The molecule has 3 heterocycles. The Hall–Kier alpha value is -3.15. The summed E-state index contributed by atoms with van der Waals surface area (Å²) in [5, 5.41) is 0. The molecule has 0 aliphatic carbocycles. The van der Waals surface area contributed by atoms with Crippen molar-refractivity contribution in [3.63, 3.8) is 0 Å². The molecule has 3 aromatic rings. The van der Waals surface area contributed by atoms with E-state index in [1.165, 1.54) is 5.56 Å². The summed E-state index contributed by atoms with van der Waals surface area (Å²) in [5.74, 6) is 1.36. The fourth-order valence-corrected chi connectivity index (χ4v) is 4.86. The van der Waals surface area contributed by atoms with Crippen molar-refractivity contribution in [1.29, 1.82) is 0 Å². The molecule has 0 saturated carbocycles. The second-order valence-corrected chi connectivity index (χ2v) is 8.90. The van der Waals surface area contributed by atoms with Gasteiger partial charge in [0.25, 0.3) is 0 Å². The number of H-pyrrole nitrogens is 1. The van der Waals surface area contributed by atoms with Gasteiger partial charge in [-0.05, 0) is 43.0 Å². The van der Waals surface area contributed by atoms with Gasteiger partial charge in [0.2, 0.25) is 11.8 Å². The lowest BCUT2D eigenvalue weighted by atomic mass is 9.95. The van der Waals surface area contributed by atoms with Crippen molar-refractivity contribution in [2.24, 2.45) is 5.92 Å². The molecule has 160 valence electrons. The molecule has 1 unspecified atom stereocenters. The molecule has 6 heteroatoms. The van der Waals surface area contributed by atoms with Crippen molar-refractivity contribution in [2.45, 2.75) is 38.6 Å². The van der Waals surface area contributed by atoms with E-state index in [2.05, 4.69) is 30.1 Å². The average molecular weight is 417 g/mol.